The quantitative estimate of drug-likeness (QED) is 0.322. The molecule has 3 aromatic carbocycles. The number of thioether (sulfide) groups is 1. The van der Waals surface area contributed by atoms with Crippen molar-refractivity contribution in [2.45, 2.75) is 23.8 Å². The van der Waals surface area contributed by atoms with Gasteiger partial charge in [-0.2, -0.15) is 0 Å². The van der Waals surface area contributed by atoms with Crippen LogP contribution in [-0.2, 0) is 11.3 Å². The van der Waals surface area contributed by atoms with Crippen molar-refractivity contribution in [2.24, 2.45) is 0 Å². The molecule has 4 aromatic rings. The Hall–Kier alpha value is -3.45. The van der Waals surface area contributed by atoms with Crippen LogP contribution in [0.4, 0.5) is 5.69 Å². The number of imidazole rings is 1. The second-order valence-electron chi connectivity index (χ2n) is 8.22. The second-order valence-corrected chi connectivity index (χ2v) is 9.10. The lowest BCUT2D eigenvalue weighted by atomic mass is 10.1. The van der Waals surface area contributed by atoms with Gasteiger partial charge in [-0.05, 0) is 48.7 Å². The number of anilines is 1. The maximum atomic E-state index is 13.0. The molecule has 0 spiro atoms. The van der Waals surface area contributed by atoms with Crippen molar-refractivity contribution in [3.05, 3.63) is 78.6 Å². The van der Waals surface area contributed by atoms with E-state index in [1.165, 1.54) is 0 Å². The number of amides is 1. The van der Waals surface area contributed by atoms with Crippen molar-refractivity contribution in [2.75, 3.05) is 31.4 Å². The van der Waals surface area contributed by atoms with Gasteiger partial charge >= 0.3 is 0 Å². The predicted octanol–water partition coefficient (Wildman–Crippen LogP) is 5.37. The van der Waals surface area contributed by atoms with Crippen LogP contribution in [0.5, 0.6) is 11.5 Å². The summed E-state index contributed by atoms with van der Waals surface area (Å²) < 4.78 is 13.7. The Morgan fingerprint density at radius 2 is 1.82 bits per heavy atom. The molecule has 0 aliphatic carbocycles. The van der Waals surface area contributed by atoms with Crippen molar-refractivity contribution in [1.82, 2.24) is 9.55 Å². The Bertz CT molecular complexity index is 1320. The molecule has 0 N–H and O–H groups in total. The van der Waals surface area contributed by atoms with Crippen LogP contribution in [0, 0.1) is 0 Å². The van der Waals surface area contributed by atoms with Crippen LogP contribution in [0.1, 0.15) is 18.2 Å². The monoisotopic (exact) mass is 473 g/mol. The van der Waals surface area contributed by atoms with Gasteiger partial charge in [0.25, 0.3) is 0 Å². The molecule has 1 fully saturated rings. The minimum absolute atomic E-state index is 0.0177. The Morgan fingerprint density at radius 1 is 1.03 bits per heavy atom. The van der Waals surface area contributed by atoms with Crippen molar-refractivity contribution >= 4 is 34.4 Å². The fourth-order valence-corrected chi connectivity index (χ4v) is 4.99. The third kappa shape index (κ3) is 4.35. The number of benzene rings is 3. The van der Waals surface area contributed by atoms with Gasteiger partial charge in [-0.25, -0.2) is 4.98 Å². The summed E-state index contributed by atoms with van der Waals surface area (Å²) >= 11 is 1.68. The number of methoxy groups -OCH3 is 1. The lowest BCUT2D eigenvalue weighted by Gasteiger charge is -2.18. The second kappa shape index (κ2) is 9.81. The van der Waals surface area contributed by atoms with Crippen molar-refractivity contribution in [1.29, 1.82) is 0 Å². The molecule has 1 amide bonds. The first-order chi connectivity index (χ1) is 16.7. The van der Waals surface area contributed by atoms with Crippen LogP contribution in [0.3, 0.4) is 0 Å². The molecule has 1 atom stereocenters. The fraction of sp³-hybridized carbons (Fsp3) is 0.259. The van der Waals surface area contributed by atoms with Gasteiger partial charge in [-0.3, -0.25) is 4.79 Å². The Labute approximate surface area is 203 Å². The normalized spacial score (nSPS) is 15.8. The average Bonchev–Trinajstić information content (AvgIpc) is 3.45. The molecule has 1 saturated heterocycles. The largest absolute Gasteiger partial charge is 0.493 e. The highest BCUT2D eigenvalue weighted by molar-refractivity contribution is 7.98. The molecule has 174 valence electrons. The molecule has 5 rings (SSSR count). The van der Waals surface area contributed by atoms with Gasteiger partial charge < -0.3 is 18.9 Å². The standard InChI is InChI=1S/C27H27N3O3S/c1-32-24-12-5-6-13-25(24)33-15-14-29-23-11-4-3-10-22(23)28-27(29)19-16-26(31)30(18-19)20-8-7-9-21(17-20)34-2/h3-13,17,19H,14-16,18H2,1-2H3/t19-/m0/s1. The molecule has 7 heteroatoms. The van der Waals surface area contributed by atoms with E-state index in [1.54, 1.807) is 18.9 Å². The van der Waals surface area contributed by atoms with E-state index in [0.717, 1.165) is 27.4 Å². The lowest BCUT2D eigenvalue weighted by Crippen LogP contribution is -2.24. The molecule has 1 aliphatic rings. The summed E-state index contributed by atoms with van der Waals surface area (Å²) in [5.41, 5.74) is 2.93. The first-order valence-electron chi connectivity index (χ1n) is 11.3. The highest BCUT2D eigenvalue weighted by Crippen LogP contribution is 2.34. The zero-order valence-corrected chi connectivity index (χ0v) is 20.1. The molecule has 2 heterocycles. The predicted molar refractivity (Wildman–Crippen MR) is 136 cm³/mol. The molecular formula is C27H27N3O3S. The van der Waals surface area contributed by atoms with E-state index in [-0.39, 0.29) is 11.8 Å². The number of fused-ring (bicyclic) bond motifs is 1. The number of hydrogen-bond donors (Lipinski definition) is 0. The zero-order chi connectivity index (χ0) is 23.5. The number of para-hydroxylation sites is 4. The van der Waals surface area contributed by atoms with Gasteiger partial charge in [0.05, 0.1) is 24.7 Å². The first-order valence-corrected chi connectivity index (χ1v) is 12.6. The lowest BCUT2D eigenvalue weighted by molar-refractivity contribution is -0.117. The average molecular weight is 474 g/mol. The summed E-state index contributed by atoms with van der Waals surface area (Å²) in [5.74, 6) is 2.51. The topological polar surface area (TPSA) is 56.6 Å². The number of rotatable bonds is 8. The van der Waals surface area contributed by atoms with Gasteiger partial charge in [0.1, 0.15) is 12.4 Å². The highest BCUT2D eigenvalue weighted by Gasteiger charge is 2.35. The number of carbonyl (C=O) groups is 1. The van der Waals surface area contributed by atoms with Crippen molar-refractivity contribution in [3.8, 4) is 11.5 Å². The maximum Gasteiger partial charge on any atom is 0.227 e. The molecule has 34 heavy (non-hydrogen) atoms. The van der Waals surface area contributed by atoms with Gasteiger partial charge in [-0.15, -0.1) is 11.8 Å². The highest BCUT2D eigenvalue weighted by atomic mass is 32.2. The third-order valence-corrected chi connectivity index (χ3v) is 6.91. The Morgan fingerprint density at radius 3 is 2.65 bits per heavy atom. The van der Waals surface area contributed by atoms with Gasteiger partial charge in [0, 0.05) is 29.5 Å². The van der Waals surface area contributed by atoms with Gasteiger partial charge in [-0.1, -0.05) is 30.3 Å². The summed E-state index contributed by atoms with van der Waals surface area (Å²) in [6, 6.07) is 23.9. The van der Waals surface area contributed by atoms with E-state index in [4.69, 9.17) is 14.5 Å². The summed E-state index contributed by atoms with van der Waals surface area (Å²) in [5, 5.41) is 0. The SMILES string of the molecule is COc1ccccc1OCCn1c([C@H]2CC(=O)N(c3cccc(SC)c3)C2)nc2ccccc21. The zero-order valence-electron chi connectivity index (χ0n) is 19.3. The molecule has 0 bridgehead atoms. The van der Waals surface area contributed by atoms with E-state index in [9.17, 15) is 4.79 Å². The maximum absolute atomic E-state index is 13.0. The Balaban J connectivity index is 1.40. The van der Waals surface area contributed by atoms with Crippen molar-refractivity contribution in [3.63, 3.8) is 0 Å². The van der Waals surface area contributed by atoms with Crippen LogP contribution >= 0.6 is 11.8 Å². The van der Waals surface area contributed by atoms with Crippen LogP contribution in [-0.4, -0.2) is 42.0 Å². The molecule has 6 nitrogen and oxygen atoms in total. The fourth-order valence-electron chi connectivity index (χ4n) is 4.53. The van der Waals surface area contributed by atoms with Gasteiger partial charge in [0.15, 0.2) is 11.5 Å². The number of hydrogen-bond acceptors (Lipinski definition) is 5. The van der Waals surface area contributed by atoms with E-state index in [2.05, 4.69) is 22.8 Å². The van der Waals surface area contributed by atoms with Gasteiger partial charge in [0.2, 0.25) is 5.91 Å². The van der Waals surface area contributed by atoms with Crippen molar-refractivity contribution < 1.29 is 14.3 Å². The first kappa shape index (κ1) is 22.3. The molecule has 1 aliphatic heterocycles. The molecule has 0 saturated carbocycles. The summed E-state index contributed by atoms with van der Waals surface area (Å²) in [6.45, 7) is 1.71. The molecular weight excluding hydrogens is 446 g/mol. The van der Waals surface area contributed by atoms with Crippen LogP contribution in [0.25, 0.3) is 11.0 Å². The Kier molecular flexibility index (Phi) is 6.45. The summed E-state index contributed by atoms with van der Waals surface area (Å²) in [7, 11) is 1.64. The summed E-state index contributed by atoms with van der Waals surface area (Å²) in [6.07, 6.45) is 2.49. The number of aromatic nitrogens is 2. The number of ether oxygens (including phenoxy) is 2. The molecule has 1 aromatic heterocycles. The smallest absolute Gasteiger partial charge is 0.227 e. The van der Waals surface area contributed by atoms with Crippen LogP contribution in [0.2, 0.25) is 0 Å². The van der Waals surface area contributed by atoms with E-state index in [0.29, 0.717) is 37.6 Å². The van der Waals surface area contributed by atoms with E-state index in [1.807, 2.05) is 65.8 Å². The number of carbonyl (C=O) groups excluding carboxylic acids is 1. The minimum Gasteiger partial charge on any atom is -0.493 e. The summed E-state index contributed by atoms with van der Waals surface area (Å²) in [4.78, 5) is 21.0. The number of nitrogens with zero attached hydrogens (tertiary/aromatic N) is 3. The van der Waals surface area contributed by atoms with E-state index < -0.39 is 0 Å². The van der Waals surface area contributed by atoms with Crippen LogP contribution in [0.15, 0.2) is 77.7 Å². The van der Waals surface area contributed by atoms with Crippen LogP contribution < -0.4 is 14.4 Å². The third-order valence-electron chi connectivity index (χ3n) is 6.18. The molecule has 0 unspecified atom stereocenters. The van der Waals surface area contributed by atoms with E-state index >= 15 is 0 Å². The molecule has 0 radical (unpaired) electrons. The minimum atomic E-state index is 0.0177.